The van der Waals surface area contributed by atoms with Gasteiger partial charge in [0.1, 0.15) is 0 Å². The number of para-hydroxylation sites is 1. The second kappa shape index (κ2) is 7.85. The maximum Gasteiger partial charge on any atom is 0.310 e. The molecule has 0 aliphatic carbocycles. The molecule has 128 valence electrons. The molecule has 0 radical (unpaired) electrons. The van der Waals surface area contributed by atoms with Gasteiger partial charge in [0.15, 0.2) is 6.61 Å². The van der Waals surface area contributed by atoms with Crippen LogP contribution in [0.3, 0.4) is 0 Å². The van der Waals surface area contributed by atoms with Crippen LogP contribution in [0.4, 0.5) is 0 Å². The molecule has 6 heteroatoms. The van der Waals surface area contributed by atoms with Crippen molar-refractivity contribution in [3.8, 4) is 0 Å². The van der Waals surface area contributed by atoms with Crippen LogP contribution in [0.15, 0.2) is 54.7 Å². The Balaban J connectivity index is 1.46. The van der Waals surface area contributed by atoms with Crippen LogP contribution in [-0.2, 0) is 27.3 Å². The van der Waals surface area contributed by atoms with Crippen LogP contribution >= 0.6 is 11.6 Å². The summed E-state index contributed by atoms with van der Waals surface area (Å²) in [7, 11) is 0. The predicted molar refractivity (Wildman–Crippen MR) is 96.3 cm³/mol. The Morgan fingerprint density at radius 3 is 2.80 bits per heavy atom. The molecule has 0 aliphatic rings. The molecule has 0 saturated heterocycles. The van der Waals surface area contributed by atoms with E-state index in [1.54, 1.807) is 18.3 Å². The molecule has 3 aromatic rings. The number of carbonyl (C=O) groups excluding carboxylic acids is 2. The fourth-order valence-electron chi connectivity index (χ4n) is 2.53. The van der Waals surface area contributed by atoms with E-state index in [0.29, 0.717) is 11.6 Å². The molecule has 0 aliphatic heterocycles. The number of H-pyrrole nitrogens is 1. The van der Waals surface area contributed by atoms with Crippen molar-refractivity contribution in [3.63, 3.8) is 0 Å². The summed E-state index contributed by atoms with van der Waals surface area (Å²) in [5.41, 5.74) is 2.69. The molecule has 1 amide bonds. The fourth-order valence-corrected chi connectivity index (χ4v) is 2.74. The summed E-state index contributed by atoms with van der Waals surface area (Å²) >= 11 is 5.89. The third-order valence-electron chi connectivity index (χ3n) is 3.75. The Kier molecular flexibility index (Phi) is 5.36. The molecular formula is C19H17ClN2O3. The van der Waals surface area contributed by atoms with Crippen LogP contribution in [-0.4, -0.2) is 23.5 Å². The van der Waals surface area contributed by atoms with Crippen LogP contribution in [0.25, 0.3) is 10.9 Å². The first kappa shape index (κ1) is 17.0. The van der Waals surface area contributed by atoms with Gasteiger partial charge in [-0.05, 0) is 29.3 Å². The predicted octanol–water partition coefficient (Wildman–Crippen LogP) is 3.22. The summed E-state index contributed by atoms with van der Waals surface area (Å²) in [6.45, 7) is 0.0289. The van der Waals surface area contributed by atoms with Crippen LogP contribution < -0.4 is 5.32 Å². The molecule has 0 bridgehead atoms. The second-order valence-corrected chi connectivity index (χ2v) is 6.04. The van der Waals surface area contributed by atoms with Gasteiger partial charge in [-0.3, -0.25) is 9.59 Å². The quantitative estimate of drug-likeness (QED) is 0.666. The first-order valence-electron chi connectivity index (χ1n) is 7.83. The van der Waals surface area contributed by atoms with E-state index in [9.17, 15) is 9.59 Å². The maximum absolute atomic E-state index is 11.9. The number of carbonyl (C=O) groups is 2. The van der Waals surface area contributed by atoms with E-state index in [2.05, 4.69) is 10.3 Å². The summed E-state index contributed by atoms with van der Waals surface area (Å²) in [5, 5.41) is 4.27. The van der Waals surface area contributed by atoms with Crippen LogP contribution in [0.2, 0.25) is 5.02 Å². The number of halogens is 1. The lowest BCUT2D eigenvalue weighted by Gasteiger charge is -2.07. The van der Waals surface area contributed by atoms with Gasteiger partial charge in [-0.15, -0.1) is 0 Å². The molecule has 2 aromatic carbocycles. The molecule has 25 heavy (non-hydrogen) atoms. The van der Waals surface area contributed by atoms with Gasteiger partial charge < -0.3 is 15.0 Å². The molecule has 3 rings (SSSR count). The minimum absolute atomic E-state index is 0.117. The molecule has 0 unspecified atom stereocenters. The zero-order valence-electron chi connectivity index (χ0n) is 13.4. The Labute approximate surface area is 149 Å². The van der Waals surface area contributed by atoms with Crippen molar-refractivity contribution in [2.75, 3.05) is 6.61 Å². The van der Waals surface area contributed by atoms with Gasteiger partial charge in [-0.2, -0.15) is 0 Å². The van der Waals surface area contributed by atoms with Crippen LogP contribution in [0.1, 0.15) is 11.1 Å². The van der Waals surface area contributed by atoms with Crippen LogP contribution in [0.5, 0.6) is 0 Å². The molecular weight excluding hydrogens is 340 g/mol. The lowest BCUT2D eigenvalue weighted by molar-refractivity contribution is -0.147. The van der Waals surface area contributed by atoms with Crippen molar-refractivity contribution in [3.05, 3.63) is 70.9 Å². The number of esters is 1. The molecule has 5 nitrogen and oxygen atoms in total. The highest BCUT2D eigenvalue weighted by Crippen LogP contribution is 2.18. The number of ether oxygens (including phenoxy) is 1. The normalized spacial score (nSPS) is 10.6. The molecule has 1 aromatic heterocycles. The molecule has 1 heterocycles. The van der Waals surface area contributed by atoms with Crippen LogP contribution in [0, 0.1) is 0 Å². The third-order valence-corrected chi connectivity index (χ3v) is 3.99. The number of hydrogen-bond acceptors (Lipinski definition) is 3. The lowest BCUT2D eigenvalue weighted by atomic mass is 10.1. The average molecular weight is 357 g/mol. The maximum atomic E-state index is 11.9. The SMILES string of the molecule is O=C(COC(=O)Cc1c[nH]c2ccccc12)NCc1cccc(Cl)c1. The lowest BCUT2D eigenvalue weighted by Crippen LogP contribution is -2.28. The number of hydrogen-bond donors (Lipinski definition) is 2. The Hall–Kier alpha value is -2.79. The molecule has 0 fully saturated rings. The minimum Gasteiger partial charge on any atom is -0.455 e. The number of fused-ring (bicyclic) bond motifs is 1. The third kappa shape index (κ3) is 4.61. The highest BCUT2D eigenvalue weighted by molar-refractivity contribution is 6.30. The van der Waals surface area contributed by atoms with Crippen molar-refractivity contribution in [2.24, 2.45) is 0 Å². The number of rotatable bonds is 6. The summed E-state index contributed by atoms with van der Waals surface area (Å²) in [4.78, 5) is 26.8. The van der Waals surface area contributed by atoms with E-state index in [0.717, 1.165) is 22.0 Å². The van der Waals surface area contributed by atoms with Crippen molar-refractivity contribution >= 4 is 34.4 Å². The van der Waals surface area contributed by atoms with Gasteiger partial charge in [0.25, 0.3) is 5.91 Å². The smallest absolute Gasteiger partial charge is 0.310 e. The molecule has 2 N–H and O–H groups in total. The highest BCUT2D eigenvalue weighted by Gasteiger charge is 2.11. The first-order chi connectivity index (χ1) is 12.1. The second-order valence-electron chi connectivity index (χ2n) is 5.60. The van der Waals surface area contributed by atoms with E-state index in [4.69, 9.17) is 16.3 Å². The first-order valence-corrected chi connectivity index (χ1v) is 8.21. The summed E-state index contributed by atoms with van der Waals surface area (Å²) in [6, 6.07) is 14.9. The molecule has 0 atom stereocenters. The van der Waals surface area contributed by atoms with Gasteiger partial charge in [0.2, 0.25) is 0 Å². The number of aromatic nitrogens is 1. The summed E-state index contributed by atoms with van der Waals surface area (Å²) in [6.07, 6.45) is 1.90. The average Bonchev–Trinajstić information content (AvgIpc) is 3.01. The monoisotopic (exact) mass is 356 g/mol. The van der Waals surface area contributed by atoms with E-state index in [1.165, 1.54) is 0 Å². The molecule has 0 spiro atoms. The van der Waals surface area contributed by atoms with E-state index in [-0.39, 0.29) is 18.9 Å². The topological polar surface area (TPSA) is 71.2 Å². The van der Waals surface area contributed by atoms with Gasteiger partial charge >= 0.3 is 5.97 Å². The highest BCUT2D eigenvalue weighted by atomic mass is 35.5. The van der Waals surface area contributed by atoms with Gasteiger partial charge in [0.05, 0.1) is 6.42 Å². The number of aromatic amines is 1. The standard InChI is InChI=1S/C19H17ClN2O3/c20-15-5-3-4-13(8-15)10-22-18(23)12-25-19(24)9-14-11-21-17-7-2-1-6-16(14)17/h1-8,11,21H,9-10,12H2,(H,22,23). The van der Waals surface area contributed by atoms with Crippen molar-refractivity contribution in [2.45, 2.75) is 13.0 Å². The Morgan fingerprint density at radius 2 is 1.96 bits per heavy atom. The minimum atomic E-state index is -0.442. The van der Waals surface area contributed by atoms with E-state index < -0.39 is 5.97 Å². The van der Waals surface area contributed by atoms with Gasteiger partial charge in [-0.25, -0.2) is 0 Å². The van der Waals surface area contributed by atoms with Crippen molar-refractivity contribution in [1.82, 2.24) is 10.3 Å². The summed E-state index contributed by atoms with van der Waals surface area (Å²) in [5.74, 6) is -0.796. The number of amides is 1. The van der Waals surface area contributed by atoms with Crippen molar-refractivity contribution < 1.29 is 14.3 Å². The van der Waals surface area contributed by atoms with E-state index >= 15 is 0 Å². The number of nitrogens with one attached hydrogen (secondary N) is 2. The largest absolute Gasteiger partial charge is 0.455 e. The molecule has 0 saturated carbocycles. The van der Waals surface area contributed by atoms with Gasteiger partial charge in [0, 0.05) is 28.7 Å². The van der Waals surface area contributed by atoms with E-state index in [1.807, 2.05) is 36.4 Å². The number of benzene rings is 2. The van der Waals surface area contributed by atoms with Gasteiger partial charge in [-0.1, -0.05) is 41.9 Å². The summed E-state index contributed by atoms with van der Waals surface area (Å²) < 4.78 is 5.05. The zero-order valence-corrected chi connectivity index (χ0v) is 14.2. The fraction of sp³-hybridized carbons (Fsp3) is 0.158. The van der Waals surface area contributed by atoms with Crippen molar-refractivity contribution in [1.29, 1.82) is 0 Å². The Bertz CT molecular complexity index is 904. The Morgan fingerprint density at radius 1 is 1.12 bits per heavy atom. The zero-order chi connectivity index (χ0) is 17.6.